The minimum Gasteiger partial charge on any atom is -0.486 e. The lowest BCUT2D eigenvalue weighted by atomic mass is 10.0. The molecule has 34 heavy (non-hydrogen) atoms. The third kappa shape index (κ3) is 4.25. The van der Waals surface area contributed by atoms with E-state index >= 15 is 0 Å². The number of rotatable bonds is 4. The van der Waals surface area contributed by atoms with Crippen molar-refractivity contribution in [1.82, 2.24) is 8.87 Å². The molecule has 5 rings (SSSR count). The predicted octanol–water partition coefficient (Wildman–Crippen LogP) is 3.49. The summed E-state index contributed by atoms with van der Waals surface area (Å²) in [6.45, 7) is 1.37. The molecule has 1 aromatic carbocycles. The summed E-state index contributed by atoms with van der Waals surface area (Å²) in [7, 11) is -3.87. The summed E-state index contributed by atoms with van der Waals surface area (Å²) in [5.74, 6) is 3.33. The molecule has 1 saturated heterocycles. The minimum absolute atomic E-state index is 0.118. The summed E-state index contributed by atoms with van der Waals surface area (Å²) in [5.41, 5.74) is 0.778. The Hall–Kier alpha value is -2.36. The van der Waals surface area contributed by atoms with Gasteiger partial charge in [0.1, 0.15) is 23.5 Å². The van der Waals surface area contributed by atoms with Crippen LogP contribution in [0.15, 0.2) is 33.5 Å². The molecule has 4 heterocycles. The summed E-state index contributed by atoms with van der Waals surface area (Å²) in [6.07, 6.45) is 7.40. The second kappa shape index (κ2) is 9.36. The fourth-order valence-corrected chi connectivity index (χ4v) is 8.40. The number of benzene rings is 1. The number of amides is 1. The van der Waals surface area contributed by atoms with Gasteiger partial charge in [0.15, 0.2) is 16.3 Å². The molecular weight excluding hydrogens is 518 g/mol. The molecule has 0 aliphatic carbocycles. The highest BCUT2D eigenvalue weighted by atomic mass is 35.5. The normalized spacial score (nSPS) is 19.3. The first-order valence-electron chi connectivity index (χ1n) is 10.6. The summed E-state index contributed by atoms with van der Waals surface area (Å²) in [4.78, 5) is 18.1. The molecule has 0 spiro atoms. The number of ether oxygens (including phenoxy) is 2. The van der Waals surface area contributed by atoms with Crippen LogP contribution in [0.2, 0.25) is 4.34 Å². The lowest BCUT2D eigenvalue weighted by molar-refractivity contribution is -0.122. The van der Waals surface area contributed by atoms with Crippen molar-refractivity contribution in [1.29, 1.82) is 0 Å². The molecule has 3 aromatic rings. The zero-order valence-electron chi connectivity index (χ0n) is 17.9. The van der Waals surface area contributed by atoms with Gasteiger partial charge in [-0.15, -0.1) is 17.8 Å². The molecule has 8 nitrogen and oxygen atoms in total. The van der Waals surface area contributed by atoms with Gasteiger partial charge in [-0.3, -0.25) is 4.79 Å². The number of terminal acetylenes is 1. The van der Waals surface area contributed by atoms with Crippen LogP contribution in [0.3, 0.4) is 0 Å². The van der Waals surface area contributed by atoms with Crippen molar-refractivity contribution in [2.45, 2.75) is 36.1 Å². The van der Waals surface area contributed by atoms with Crippen LogP contribution >= 0.6 is 34.3 Å². The Morgan fingerprint density at radius 1 is 1.21 bits per heavy atom. The highest BCUT2D eigenvalue weighted by Crippen LogP contribution is 2.36. The molecule has 1 fully saturated rings. The quantitative estimate of drug-likeness (QED) is 0.475. The second-order valence-electron chi connectivity index (χ2n) is 7.77. The number of halogens is 1. The van der Waals surface area contributed by atoms with E-state index in [1.165, 1.54) is 27.8 Å². The first kappa shape index (κ1) is 23.4. The number of carbonyl (C=O) groups is 1. The lowest BCUT2D eigenvalue weighted by Crippen LogP contribution is -2.47. The van der Waals surface area contributed by atoms with Gasteiger partial charge in [0.05, 0.1) is 21.1 Å². The molecule has 0 N–H and O–H groups in total. The van der Waals surface area contributed by atoms with Crippen LogP contribution in [0.1, 0.15) is 19.3 Å². The predicted molar refractivity (Wildman–Crippen MR) is 131 cm³/mol. The van der Waals surface area contributed by atoms with Gasteiger partial charge in [-0.05, 0) is 25.0 Å². The van der Waals surface area contributed by atoms with Gasteiger partial charge >= 0.3 is 0 Å². The van der Waals surface area contributed by atoms with E-state index in [9.17, 15) is 13.2 Å². The van der Waals surface area contributed by atoms with Crippen LogP contribution in [-0.2, 0) is 21.4 Å². The number of carbonyl (C=O) groups excluding carboxylic acids is 1. The van der Waals surface area contributed by atoms with Crippen LogP contribution in [0.25, 0.3) is 10.2 Å². The molecule has 2 aromatic heterocycles. The maximum absolute atomic E-state index is 13.3. The summed E-state index contributed by atoms with van der Waals surface area (Å²) >= 11 is 8.23. The lowest BCUT2D eigenvalue weighted by Gasteiger charge is -2.31. The standard InChI is InChI=1S/C22H20ClN3O5S3/c1-2-8-25-15-12-16-17(31-11-10-30-16)13-18(15)32-22(25)24-21(27)14-5-3-4-9-26(14)34(28,29)20-7-6-19(23)33-20/h1,6-7,12-14H,3-5,8-11H2. The van der Waals surface area contributed by atoms with E-state index in [4.69, 9.17) is 27.5 Å². The molecule has 2 aliphatic heterocycles. The van der Waals surface area contributed by atoms with Gasteiger partial charge in [-0.25, -0.2) is 8.42 Å². The Morgan fingerprint density at radius 3 is 2.68 bits per heavy atom. The molecule has 0 saturated carbocycles. The van der Waals surface area contributed by atoms with E-state index < -0.39 is 22.0 Å². The monoisotopic (exact) mass is 537 g/mol. The van der Waals surface area contributed by atoms with Crippen LogP contribution < -0.4 is 14.3 Å². The third-order valence-electron chi connectivity index (χ3n) is 5.65. The zero-order valence-corrected chi connectivity index (χ0v) is 21.1. The van der Waals surface area contributed by atoms with E-state index in [0.717, 1.165) is 28.0 Å². The molecule has 1 amide bonds. The molecule has 0 radical (unpaired) electrons. The van der Waals surface area contributed by atoms with Gasteiger partial charge in [-0.2, -0.15) is 9.30 Å². The second-order valence-corrected chi connectivity index (χ2v) is 12.6. The number of sulfonamides is 1. The molecule has 1 unspecified atom stereocenters. The van der Waals surface area contributed by atoms with E-state index in [0.29, 0.717) is 46.7 Å². The van der Waals surface area contributed by atoms with Gasteiger partial charge in [-0.1, -0.05) is 35.3 Å². The Bertz CT molecular complexity index is 1480. The fraction of sp³-hybridized carbons (Fsp3) is 0.364. The third-order valence-corrected chi connectivity index (χ3v) is 10.3. The van der Waals surface area contributed by atoms with Gasteiger partial charge < -0.3 is 14.0 Å². The molecule has 178 valence electrons. The summed E-state index contributed by atoms with van der Waals surface area (Å²) in [6, 6.07) is 5.80. The van der Waals surface area contributed by atoms with Gasteiger partial charge in [0, 0.05) is 18.7 Å². The van der Waals surface area contributed by atoms with Crippen molar-refractivity contribution in [2.24, 2.45) is 4.99 Å². The van der Waals surface area contributed by atoms with Crippen LogP contribution in [0.4, 0.5) is 0 Å². The number of thiazole rings is 1. The topological polar surface area (TPSA) is 90.2 Å². The maximum atomic E-state index is 13.3. The fourth-order valence-electron chi connectivity index (χ4n) is 4.10. The Morgan fingerprint density at radius 2 is 1.97 bits per heavy atom. The van der Waals surface area contributed by atoms with Crippen molar-refractivity contribution >= 4 is 60.4 Å². The number of thiophene rings is 1. The van der Waals surface area contributed by atoms with Crippen molar-refractivity contribution in [3.63, 3.8) is 0 Å². The highest BCUT2D eigenvalue weighted by Gasteiger charge is 2.38. The van der Waals surface area contributed by atoms with E-state index in [2.05, 4.69) is 10.9 Å². The number of hydrogen-bond acceptors (Lipinski definition) is 7. The average molecular weight is 538 g/mol. The smallest absolute Gasteiger partial charge is 0.266 e. The van der Waals surface area contributed by atoms with E-state index in [1.54, 1.807) is 4.57 Å². The van der Waals surface area contributed by atoms with Crippen LogP contribution in [0, 0.1) is 12.3 Å². The van der Waals surface area contributed by atoms with Crippen molar-refractivity contribution in [3.8, 4) is 23.8 Å². The van der Waals surface area contributed by atoms with Crippen molar-refractivity contribution in [3.05, 3.63) is 33.4 Å². The molecular formula is C22H20ClN3O5S3. The van der Waals surface area contributed by atoms with E-state index in [1.807, 2.05) is 12.1 Å². The number of nitrogens with zero attached hydrogens (tertiary/aromatic N) is 3. The summed E-state index contributed by atoms with van der Waals surface area (Å²) < 4.78 is 42.2. The SMILES string of the molecule is C#CCn1c(=NC(=O)C2CCCCN2S(=O)(=O)c2ccc(Cl)s2)sc2cc3c(cc21)OCCO3. The number of fused-ring (bicyclic) bond motifs is 2. The zero-order chi connectivity index (χ0) is 23.9. The number of hydrogen-bond donors (Lipinski definition) is 0. The first-order valence-corrected chi connectivity index (χ1v) is 14.1. The average Bonchev–Trinajstić information content (AvgIpc) is 3.41. The molecule has 0 bridgehead atoms. The van der Waals surface area contributed by atoms with E-state index in [-0.39, 0.29) is 17.3 Å². The minimum atomic E-state index is -3.87. The summed E-state index contributed by atoms with van der Waals surface area (Å²) in [5, 5.41) is 0. The first-order chi connectivity index (χ1) is 16.4. The number of piperidine rings is 1. The highest BCUT2D eigenvalue weighted by molar-refractivity contribution is 7.91. The van der Waals surface area contributed by atoms with Gasteiger partial charge in [0.25, 0.3) is 15.9 Å². The molecule has 1 atom stereocenters. The molecule has 2 aliphatic rings. The van der Waals surface area contributed by atoms with Crippen LogP contribution in [0.5, 0.6) is 11.5 Å². The molecule has 12 heteroatoms. The number of aromatic nitrogens is 1. The van der Waals surface area contributed by atoms with Crippen LogP contribution in [-0.4, -0.2) is 49.0 Å². The Kier molecular flexibility index (Phi) is 6.43. The largest absolute Gasteiger partial charge is 0.486 e. The maximum Gasteiger partial charge on any atom is 0.266 e. The Labute approximate surface area is 209 Å². The Balaban J connectivity index is 1.55. The van der Waals surface area contributed by atoms with Crippen molar-refractivity contribution in [2.75, 3.05) is 19.8 Å². The van der Waals surface area contributed by atoms with Gasteiger partial charge in [0.2, 0.25) is 0 Å². The van der Waals surface area contributed by atoms with Crippen molar-refractivity contribution < 1.29 is 22.7 Å².